The Bertz CT molecular complexity index is 942. The van der Waals surface area contributed by atoms with Gasteiger partial charge in [0.15, 0.2) is 0 Å². The molecule has 4 nitrogen and oxygen atoms in total. The van der Waals surface area contributed by atoms with Crippen molar-refractivity contribution in [3.05, 3.63) is 69.1 Å². The van der Waals surface area contributed by atoms with Gasteiger partial charge in [-0.05, 0) is 62.1 Å². The van der Waals surface area contributed by atoms with Crippen LogP contribution in [0.1, 0.15) is 27.8 Å². The van der Waals surface area contributed by atoms with Gasteiger partial charge < -0.3 is 5.11 Å². The third-order valence-electron chi connectivity index (χ3n) is 4.49. The molecule has 0 saturated carbocycles. The van der Waals surface area contributed by atoms with Gasteiger partial charge in [-0.1, -0.05) is 29.8 Å². The largest absolute Gasteiger partial charge is 0.396 e. The van der Waals surface area contributed by atoms with Gasteiger partial charge in [0.2, 0.25) is 0 Å². The lowest BCUT2D eigenvalue weighted by Gasteiger charge is -2.17. The Morgan fingerprint density at radius 2 is 1.56 bits per heavy atom. The van der Waals surface area contributed by atoms with Crippen LogP contribution in [0.15, 0.2) is 41.3 Å². The predicted octanol–water partition coefficient (Wildman–Crippen LogP) is 3.93. The van der Waals surface area contributed by atoms with Crippen molar-refractivity contribution >= 4 is 34.8 Å². The monoisotopic (exact) mass is 381 g/mol. The quantitative estimate of drug-likeness (QED) is 0.798. The normalized spacial score (nSPS) is 14.5. The number of thioether (sulfide) groups is 1. The molecular weight excluding hydrogens is 358 g/mol. The number of aliphatic hydroxyl groups excluding tert-OH is 1. The molecule has 1 aliphatic rings. The molecule has 27 heavy (non-hydrogen) atoms. The number of amides is 2. The summed E-state index contributed by atoms with van der Waals surface area (Å²) in [5, 5.41) is 9.23. The van der Waals surface area contributed by atoms with Crippen LogP contribution in [-0.2, 0) is 9.59 Å². The highest BCUT2D eigenvalue weighted by molar-refractivity contribution is 8.04. The van der Waals surface area contributed by atoms with E-state index in [1.165, 1.54) is 16.7 Å². The third kappa shape index (κ3) is 3.70. The number of hydrogen-bond donors (Lipinski definition) is 1. The van der Waals surface area contributed by atoms with Crippen molar-refractivity contribution in [2.45, 2.75) is 27.7 Å². The first-order chi connectivity index (χ1) is 12.8. The standard InChI is InChI=1S/C22H23NO3S/c1-13-5-6-18(16(4)10-13)19-20(27-8-7-24)22(26)23(21(19)25)17-11-14(2)9-15(3)12-17/h5-6,9-12,24H,7-8H2,1-4H3. The number of rotatable bonds is 5. The summed E-state index contributed by atoms with van der Waals surface area (Å²) in [6.07, 6.45) is 0. The average Bonchev–Trinajstić information content (AvgIpc) is 2.82. The van der Waals surface area contributed by atoms with Crippen LogP contribution in [0.5, 0.6) is 0 Å². The van der Waals surface area contributed by atoms with Crippen LogP contribution >= 0.6 is 11.8 Å². The van der Waals surface area contributed by atoms with Gasteiger partial charge >= 0.3 is 0 Å². The summed E-state index contributed by atoms with van der Waals surface area (Å²) in [5.41, 5.74) is 5.83. The summed E-state index contributed by atoms with van der Waals surface area (Å²) in [4.78, 5) is 28.1. The average molecular weight is 381 g/mol. The zero-order valence-electron chi connectivity index (χ0n) is 16.0. The maximum atomic E-state index is 13.3. The van der Waals surface area contributed by atoms with Crippen molar-refractivity contribution in [3.8, 4) is 0 Å². The zero-order chi connectivity index (χ0) is 19.7. The Kier molecular flexibility index (Phi) is 5.53. The molecule has 0 aromatic heterocycles. The Labute approximate surface area is 163 Å². The molecule has 1 heterocycles. The summed E-state index contributed by atoms with van der Waals surface area (Å²) in [6, 6.07) is 11.6. The first kappa shape index (κ1) is 19.4. The second-order valence-electron chi connectivity index (χ2n) is 6.89. The van der Waals surface area contributed by atoms with E-state index in [1.54, 1.807) is 0 Å². The molecule has 0 aliphatic carbocycles. The molecule has 3 rings (SSSR count). The van der Waals surface area contributed by atoms with E-state index in [0.29, 0.717) is 21.9 Å². The summed E-state index contributed by atoms with van der Waals surface area (Å²) >= 11 is 1.24. The smallest absolute Gasteiger partial charge is 0.272 e. The van der Waals surface area contributed by atoms with Crippen LogP contribution in [0.4, 0.5) is 5.69 Å². The summed E-state index contributed by atoms with van der Waals surface area (Å²) in [5.74, 6) is -0.264. The van der Waals surface area contributed by atoms with E-state index in [-0.39, 0.29) is 18.4 Å². The number of benzene rings is 2. The molecule has 140 valence electrons. The van der Waals surface area contributed by atoms with Crippen LogP contribution < -0.4 is 4.90 Å². The second-order valence-corrected chi connectivity index (χ2v) is 7.99. The topological polar surface area (TPSA) is 57.6 Å². The van der Waals surface area contributed by atoms with Gasteiger partial charge in [0.1, 0.15) is 0 Å². The van der Waals surface area contributed by atoms with E-state index in [2.05, 4.69) is 0 Å². The molecule has 2 aromatic rings. The van der Waals surface area contributed by atoms with E-state index < -0.39 is 0 Å². The maximum absolute atomic E-state index is 13.3. The number of hydrogen-bond acceptors (Lipinski definition) is 4. The van der Waals surface area contributed by atoms with Crippen LogP contribution in [-0.4, -0.2) is 29.3 Å². The van der Waals surface area contributed by atoms with E-state index >= 15 is 0 Å². The van der Waals surface area contributed by atoms with E-state index in [4.69, 9.17) is 0 Å². The fourth-order valence-corrected chi connectivity index (χ4v) is 4.29. The molecule has 0 spiro atoms. The summed E-state index contributed by atoms with van der Waals surface area (Å²) in [6.45, 7) is 7.78. The Hall–Kier alpha value is -2.37. The maximum Gasteiger partial charge on any atom is 0.272 e. The molecule has 5 heteroatoms. The molecule has 1 aliphatic heterocycles. The number of imide groups is 1. The minimum Gasteiger partial charge on any atom is -0.396 e. The predicted molar refractivity (Wildman–Crippen MR) is 111 cm³/mol. The van der Waals surface area contributed by atoms with Crippen molar-refractivity contribution in [2.75, 3.05) is 17.3 Å². The zero-order valence-corrected chi connectivity index (χ0v) is 16.8. The van der Waals surface area contributed by atoms with Gasteiger partial charge in [0.25, 0.3) is 11.8 Å². The highest BCUT2D eigenvalue weighted by Gasteiger charge is 2.40. The third-order valence-corrected chi connectivity index (χ3v) is 5.55. The van der Waals surface area contributed by atoms with E-state index in [0.717, 1.165) is 27.8 Å². The molecular formula is C22H23NO3S. The molecule has 0 bridgehead atoms. The lowest BCUT2D eigenvalue weighted by molar-refractivity contribution is -0.119. The Balaban J connectivity index is 2.14. The van der Waals surface area contributed by atoms with Crippen LogP contribution in [0.3, 0.4) is 0 Å². The first-order valence-electron chi connectivity index (χ1n) is 8.86. The van der Waals surface area contributed by atoms with Gasteiger partial charge in [-0.25, -0.2) is 4.90 Å². The van der Waals surface area contributed by atoms with Crippen LogP contribution in [0.2, 0.25) is 0 Å². The molecule has 2 aromatic carbocycles. The van der Waals surface area contributed by atoms with Gasteiger partial charge in [0.05, 0.1) is 22.8 Å². The Morgan fingerprint density at radius 1 is 0.889 bits per heavy atom. The summed E-state index contributed by atoms with van der Waals surface area (Å²) in [7, 11) is 0. The van der Waals surface area contributed by atoms with Gasteiger partial charge in [-0.2, -0.15) is 0 Å². The Morgan fingerprint density at radius 3 is 2.15 bits per heavy atom. The fourth-order valence-electron chi connectivity index (χ4n) is 3.44. The SMILES string of the molecule is Cc1cc(C)cc(N2C(=O)C(SCCO)=C(c3ccc(C)cc3C)C2=O)c1. The van der Waals surface area contributed by atoms with Crippen molar-refractivity contribution in [3.63, 3.8) is 0 Å². The van der Waals surface area contributed by atoms with Gasteiger partial charge in [0, 0.05) is 5.75 Å². The lowest BCUT2D eigenvalue weighted by atomic mass is 9.98. The molecule has 0 radical (unpaired) electrons. The summed E-state index contributed by atoms with van der Waals surface area (Å²) < 4.78 is 0. The van der Waals surface area contributed by atoms with Crippen molar-refractivity contribution in [1.29, 1.82) is 0 Å². The van der Waals surface area contributed by atoms with Gasteiger partial charge in [-0.15, -0.1) is 11.8 Å². The lowest BCUT2D eigenvalue weighted by Crippen LogP contribution is -2.31. The van der Waals surface area contributed by atoms with Gasteiger partial charge in [-0.3, -0.25) is 9.59 Å². The minimum absolute atomic E-state index is 0.0562. The number of aliphatic hydroxyl groups is 1. The van der Waals surface area contributed by atoms with Crippen molar-refractivity contribution in [1.82, 2.24) is 0 Å². The van der Waals surface area contributed by atoms with Crippen molar-refractivity contribution in [2.24, 2.45) is 0 Å². The highest BCUT2D eigenvalue weighted by atomic mass is 32.2. The molecule has 0 fully saturated rings. The molecule has 0 atom stereocenters. The van der Waals surface area contributed by atoms with Crippen LogP contribution in [0.25, 0.3) is 5.57 Å². The number of carbonyl (C=O) groups excluding carboxylic acids is 2. The molecule has 1 N–H and O–H groups in total. The molecule has 0 saturated heterocycles. The first-order valence-corrected chi connectivity index (χ1v) is 9.84. The van der Waals surface area contributed by atoms with E-state index in [9.17, 15) is 14.7 Å². The highest BCUT2D eigenvalue weighted by Crippen LogP contribution is 2.39. The fraction of sp³-hybridized carbons (Fsp3) is 0.273. The van der Waals surface area contributed by atoms with E-state index in [1.807, 2.05) is 64.1 Å². The molecule has 0 unspecified atom stereocenters. The number of carbonyl (C=O) groups is 2. The van der Waals surface area contributed by atoms with Crippen molar-refractivity contribution < 1.29 is 14.7 Å². The number of aryl methyl sites for hydroxylation is 4. The van der Waals surface area contributed by atoms with Crippen LogP contribution in [0, 0.1) is 27.7 Å². The molecule has 2 amide bonds. The number of nitrogens with zero attached hydrogens (tertiary/aromatic N) is 1. The minimum atomic E-state index is -0.321. The number of anilines is 1. The second kappa shape index (κ2) is 7.71.